The Labute approximate surface area is 135 Å². The van der Waals surface area contributed by atoms with Crippen LogP contribution in [0.5, 0.6) is 11.5 Å². The van der Waals surface area contributed by atoms with Crippen LogP contribution >= 0.6 is 0 Å². The van der Waals surface area contributed by atoms with E-state index in [0.29, 0.717) is 11.4 Å². The lowest BCUT2D eigenvalue weighted by Gasteiger charge is -2.17. The summed E-state index contributed by atoms with van der Waals surface area (Å²) >= 11 is 0. The van der Waals surface area contributed by atoms with E-state index in [1.54, 1.807) is 19.1 Å². The third kappa shape index (κ3) is 5.10. The summed E-state index contributed by atoms with van der Waals surface area (Å²) in [7, 11) is 3.91. The van der Waals surface area contributed by atoms with E-state index in [2.05, 4.69) is 10.6 Å². The number of anilines is 2. The van der Waals surface area contributed by atoms with Crippen molar-refractivity contribution in [3.63, 3.8) is 0 Å². The van der Waals surface area contributed by atoms with Crippen LogP contribution in [0.15, 0.2) is 48.5 Å². The number of carbonyl (C=O) groups is 1. The molecule has 0 bridgehead atoms. The molecule has 2 amide bonds. The first kappa shape index (κ1) is 16.5. The Balaban J connectivity index is 1.84. The summed E-state index contributed by atoms with van der Waals surface area (Å²) in [6.07, 6.45) is -0.513. The number of phenols is 1. The van der Waals surface area contributed by atoms with Gasteiger partial charge in [0.15, 0.2) is 6.23 Å². The average Bonchev–Trinajstić information content (AvgIpc) is 2.50. The van der Waals surface area contributed by atoms with Crippen LogP contribution in [0.25, 0.3) is 0 Å². The molecule has 2 aromatic carbocycles. The van der Waals surface area contributed by atoms with Gasteiger partial charge in [-0.25, -0.2) is 4.79 Å². The maximum Gasteiger partial charge on any atom is 0.322 e. The van der Waals surface area contributed by atoms with Gasteiger partial charge in [0.25, 0.3) is 0 Å². The van der Waals surface area contributed by atoms with Gasteiger partial charge < -0.3 is 25.4 Å². The van der Waals surface area contributed by atoms with E-state index in [9.17, 15) is 9.90 Å². The van der Waals surface area contributed by atoms with E-state index in [0.717, 1.165) is 5.69 Å². The molecule has 23 heavy (non-hydrogen) atoms. The minimum atomic E-state index is -0.513. The molecule has 6 heteroatoms. The van der Waals surface area contributed by atoms with Crippen molar-refractivity contribution < 1.29 is 14.6 Å². The van der Waals surface area contributed by atoms with Crippen LogP contribution < -0.4 is 20.3 Å². The summed E-state index contributed by atoms with van der Waals surface area (Å²) in [4.78, 5) is 13.9. The first-order valence-corrected chi connectivity index (χ1v) is 7.24. The van der Waals surface area contributed by atoms with Crippen LogP contribution in [0.1, 0.15) is 6.92 Å². The highest BCUT2D eigenvalue weighted by molar-refractivity contribution is 5.89. The van der Waals surface area contributed by atoms with Gasteiger partial charge in [-0.2, -0.15) is 0 Å². The zero-order valence-corrected chi connectivity index (χ0v) is 13.4. The minimum absolute atomic E-state index is 0.164. The highest BCUT2D eigenvalue weighted by atomic mass is 16.5. The quantitative estimate of drug-likeness (QED) is 0.742. The lowest BCUT2D eigenvalue weighted by Crippen LogP contribution is -2.39. The molecular formula is C17H21N3O3. The molecule has 2 aromatic rings. The number of hydrogen-bond donors (Lipinski definition) is 3. The van der Waals surface area contributed by atoms with Gasteiger partial charge in [-0.1, -0.05) is 0 Å². The van der Waals surface area contributed by atoms with Crippen LogP contribution in [0.2, 0.25) is 0 Å². The number of nitrogens with one attached hydrogen (secondary N) is 2. The van der Waals surface area contributed by atoms with Crippen molar-refractivity contribution in [3.8, 4) is 11.5 Å². The van der Waals surface area contributed by atoms with Gasteiger partial charge in [-0.05, 0) is 55.5 Å². The van der Waals surface area contributed by atoms with E-state index >= 15 is 0 Å². The van der Waals surface area contributed by atoms with Crippen molar-refractivity contribution in [3.05, 3.63) is 48.5 Å². The molecule has 2 rings (SSSR count). The molecule has 0 saturated heterocycles. The molecule has 0 radical (unpaired) electrons. The summed E-state index contributed by atoms with van der Waals surface area (Å²) < 4.78 is 5.54. The lowest BCUT2D eigenvalue weighted by molar-refractivity contribution is 0.183. The summed E-state index contributed by atoms with van der Waals surface area (Å²) in [6, 6.07) is 13.5. The number of benzene rings is 2. The van der Waals surface area contributed by atoms with E-state index in [-0.39, 0.29) is 11.8 Å². The molecule has 0 saturated carbocycles. The highest BCUT2D eigenvalue weighted by Gasteiger charge is 2.09. The zero-order valence-electron chi connectivity index (χ0n) is 13.4. The Kier molecular flexibility index (Phi) is 5.30. The molecule has 0 aromatic heterocycles. The molecule has 6 nitrogen and oxygen atoms in total. The fourth-order valence-electron chi connectivity index (χ4n) is 1.95. The Morgan fingerprint density at radius 2 is 1.70 bits per heavy atom. The molecule has 1 unspecified atom stereocenters. The van der Waals surface area contributed by atoms with E-state index in [1.807, 2.05) is 43.3 Å². The van der Waals surface area contributed by atoms with E-state index < -0.39 is 6.23 Å². The molecule has 3 N–H and O–H groups in total. The lowest BCUT2D eigenvalue weighted by atomic mass is 10.2. The van der Waals surface area contributed by atoms with Gasteiger partial charge >= 0.3 is 6.03 Å². The van der Waals surface area contributed by atoms with Crippen molar-refractivity contribution in [1.29, 1.82) is 0 Å². The number of amides is 2. The number of carbonyl (C=O) groups excluding carboxylic acids is 1. The molecular weight excluding hydrogens is 294 g/mol. The maximum atomic E-state index is 11.9. The normalized spacial score (nSPS) is 11.4. The predicted molar refractivity (Wildman–Crippen MR) is 91.1 cm³/mol. The molecule has 0 aliphatic carbocycles. The largest absolute Gasteiger partial charge is 0.508 e. The maximum absolute atomic E-state index is 11.9. The smallest absolute Gasteiger partial charge is 0.322 e. The number of phenolic OH excluding ortho intramolecular Hbond substituents is 1. The fourth-order valence-corrected chi connectivity index (χ4v) is 1.95. The topological polar surface area (TPSA) is 73.8 Å². The van der Waals surface area contributed by atoms with Crippen LogP contribution in [0, 0.1) is 0 Å². The van der Waals surface area contributed by atoms with Gasteiger partial charge in [-0.15, -0.1) is 0 Å². The fraction of sp³-hybridized carbons (Fsp3) is 0.235. The zero-order chi connectivity index (χ0) is 16.8. The molecule has 0 aliphatic heterocycles. The molecule has 1 atom stereocenters. The Morgan fingerprint density at radius 3 is 2.26 bits per heavy atom. The summed E-state index contributed by atoms with van der Waals surface area (Å²) in [5.41, 5.74) is 1.75. The Morgan fingerprint density at radius 1 is 1.09 bits per heavy atom. The number of rotatable bonds is 5. The second-order valence-electron chi connectivity index (χ2n) is 5.29. The molecule has 0 spiro atoms. The monoisotopic (exact) mass is 315 g/mol. The SMILES string of the molecule is CC(NC(=O)Nc1ccc(N(C)C)cc1)Oc1ccc(O)cc1. The van der Waals surface area contributed by atoms with Gasteiger partial charge in [0.05, 0.1) is 0 Å². The van der Waals surface area contributed by atoms with Crippen LogP contribution in [0.3, 0.4) is 0 Å². The van der Waals surface area contributed by atoms with Gasteiger partial charge in [0.1, 0.15) is 11.5 Å². The van der Waals surface area contributed by atoms with Crippen LogP contribution in [0.4, 0.5) is 16.2 Å². The van der Waals surface area contributed by atoms with Gasteiger partial charge in [0.2, 0.25) is 0 Å². The second kappa shape index (κ2) is 7.40. The number of hydrogen-bond acceptors (Lipinski definition) is 4. The summed E-state index contributed by atoms with van der Waals surface area (Å²) in [6.45, 7) is 1.72. The number of aromatic hydroxyl groups is 1. The van der Waals surface area contributed by atoms with Crippen molar-refractivity contribution in [2.45, 2.75) is 13.2 Å². The number of nitrogens with zero attached hydrogens (tertiary/aromatic N) is 1. The van der Waals surface area contributed by atoms with Crippen molar-refractivity contribution in [2.75, 3.05) is 24.3 Å². The Hall–Kier alpha value is -2.89. The summed E-state index contributed by atoms with van der Waals surface area (Å²) in [5, 5.41) is 14.6. The van der Waals surface area contributed by atoms with E-state index in [4.69, 9.17) is 4.74 Å². The second-order valence-corrected chi connectivity index (χ2v) is 5.29. The predicted octanol–water partition coefficient (Wildman–Crippen LogP) is 3.00. The van der Waals surface area contributed by atoms with Crippen LogP contribution in [-0.4, -0.2) is 31.5 Å². The third-order valence-corrected chi connectivity index (χ3v) is 3.13. The van der Waals surface area contributed by atoms with Crippen molar-refractivity contribution >= 4 is 17.4 Å². The van der Waals surface area contributed by atoms with E-state index in [1.165, 1.54) is 12.1 Å². The molecule has 0 heterocycles. The van der Waals surface area contributed by atoms with Gasteiger partial charge in [-0.3, -0.25) is 0 Å². The summed E-state index contributed by atoms with van der Waals surface area (Å²) in [5.74, 6) is 0.725. The first-order chi connectivity index (χ1) is 10.9. The minimum Gasteiger partial charge on any atom is -0.508 e. The van der Waals surface area contributed by atoms with Crippen LogP contribution in [-0.2, 0) is 0 Å². The highest BCUT2D eigenvalue weighted by Crippen LogP contribution is 2.17. The number of urea groups is 1. The van der Waals surface area contributed by atoms with Crippen molar-refractivity contribution in [2.24, 2.45) is 0 Å². The molecule has 0 aliphatic rings. The average molecular weight is 315 g/mol. The first-order valence-electron chi connectivity index (χ1n) is 7.24. The van der Waals surface area contributed by atoms with Crippen molar-refractivity contribution in [1.82, 2.24) is 5.32 Å². The molecule has 122 valence electrons. The molecule has 0 fully saturated rings. The standard InChI is InChI=1S/C17H21N3O3/c1-12(23-16-10-8-15(21)9-11-16)18-17(22)19-13-4-6-14(7-5-13)20(2)3/h4-12,21H,1-3H3,(H2,18,19,22). The third-order valence-electron chi connectivity index (χ3n) is 3.13. The Bertz CT molecular complexity index is 639. The number of ether oxygens (including phenoxy) is 1. The van der Waals surface area contributed by atoms with Gasteiger partial charge in [0, 0.05) is 25.5 Å².